The van der Waals surface area contributed by atoms with Crippen LogP contribution in [-0.4, -0.2) is 17.9 Å². The van der Waals surface area contributed by atoms with Gasteiger partial charge < -0.3 is 5.73 Å². The van der Waals surface area contributed by atoms with Crippen LogP contribution in [-0.2, 0) is 0 Å². The van der Waals surface area contributed by atoms with Gasteiger partial charge in [-0.1, -0.05) is 0 Å². The van der Waals surface area contributed by atoms with Crippen molar-refractivity contribution in [2.75, 3.05) is 6.54 Å². The Morgan fingerprint density at radius 3 is 2.00 bits per heavy atom. The minimum absolute atomic E-state index is 0.137. The molecule has 4 aliphatic carbocycles. The van der Waals surface area contributed by atoms with Gasteiger partial charge in [0.25, 0.3) is 0 Å². The Bertz CT molecular complexity index is 260. The van der Waals surface area contributed by atoms with Crippen molar-refractivity contribution in [2.45, 2.75) is 49.9 Å². The van der Waals surface area contributed by atoms with Crippen LogP contribution in [0.4, 0.5) is 8.78 Å². The second-order valence-corrected chi connectivity index (χ2v) is 6.01. The van der Waals surface area contributed by atoms with Gasteiger partial charge in [0.1, 0.15) is 11.3 Å². The van der Waals surface area contributed by atoms with Gasteiger partial charge in [0.05, 0.1) is 0 Å². The molecule has 4 rings (SSSR count). The second-order valence-electron chi connectivity index (χ2n) is 6.01. The van der Waals surface area contributed by atoms with Crippen LogP contribution >= 0.6 is 0 Å². The molecule has 4 saturated carbocycles. The van der Waals surface area contributed by atoms with Crippen molar-refractivity contribution in [3.8, 4) is 0 Å². The molecule has 0 aromatic rings. The van der Waals surface area contributed by atoms with Crippen LogP contribution in [0.1, 0.15) is 38.5 Å². The highest BCUT2D eigenvalue weighted by atomic mass is 19.2. The first-order valence-corrected chi connectivity index (χ1v) is 5.55. The summed E-state index contributed by atoms with van der Waals surface area (Å²) in [6, 6.07) is 0. The van der Waals surface area contributed by atoms with Gasteiger partial charge in [-0.3, -0.25) is 0 Å². The number of rotatable bonds is 1. The summed E-state index contributed by atoms with van der Waals surface area (Å²) < 4.78 is 28.5. The van der Waals surface area contributed by atoms with Crippen molar-refractivity contribution in [2.24, 2.45) is 17.1 Å². The number of hydrogen-bond donors (Lipinski definition) is 1. The van der Waals surface area contributed by atoms with Gasteiger partial charge in [0.2, 0.25) is 0 Å². The Morgan fingerprint density at radius 1 is 1.00 bits per heavy atom. The number of nitrogens with two attached hydrogens (primary N) is 1. The molecule has 0 aliphatic heterocycles. The Kier molecular flexibility index (Phi) is 1.50. The number of alkyl halides is 2. The molecular weight excluding hydrogens is 184 g/mol. The molecule has 0 radical (unpaired) electrons. The maximum absolute atomic E-state index is 14.3. The van der Waals surface area contributed by atoms with Crippen LogP contribution < -0.4 is 5.73 Å². The normalized spacial score (nSPS) is 60.6. The molecule has 4 atom stereocenters. The summed E-state index contributed by atoms with van der Waals surface area (Å²) in [7, 11) is 0. The lowest BCUT2D eigenvalue weighted by Gasteiger charge is -2.61. The lowest BCUT2D eigenvalue weighted by Crippen LogP contribution is -2.61. The molecule has 4 bridgehead atoms. The summed E-state index contributed by atoms with van der Waals surface area (Å²) in [5, 5.41) is 0. The SMILES string of the molecule is NCC12CC3C[C@@](F)(C1)C[C@](F)(C3)C2. The molecular formula is C11H17F2N. The molecule has 1 nitrogen and oxygen atoms in total. The van der Waals surface area contributed by atoms with Gasteiger partial charge in [-0.2, -0.15) is 0 Å². The zero-order valence-electron chi connectivity index (χ0n) is 8.36. The monoisotopic (exact) mass is 201 g/mol. The molecule has 2 N–H and O–H groups in total. The average Bonchev–Trinajstić information content (AvgIpc) is 1.97. The van der Waals surface area contributed by atoms with Gasteiger partial charge >= 0.3 is 0 Å². The Hall–Kier alpha value is -0.180. The van der Waals surface area contributed by atoms with Crippen molar-refractivity contribution in [1.29, 1.82) is 0 Å². The van der Waals surface area contributed by atoms with E-state index in [-0.39, 0.29) is 17.8 Å². The zero-order valence-corrected chi connectivity index (χ0v) is 8.36. The third kappa shape index (κ3) is 1.08. The quantitative estimate of drug-likeness (QED) is 0.692. The van der Waals surface area contributed by atoms with Gasteiger partial charge in [-0.15, -0.1) is 0 Å². The Morgan fingerprint density at radius 2 is 1.57 bits per heavy atom. The number of halogens is 2. The highest BCUT2D eigenvalue weighted by Gasteiger charge is 2.64. The van der Waals surface area contributed by atoms with E-state index in [0.717, 1.165) is 6.42 Å². The molecule has 0 aromatic carbocycles. The minimum Gasteiger partial charge on any atom is -0.330 e. The van der Waals surface area contributed by atoms with E-state index in [1.165, 1.54) is 0 Å². The summed E-state index contributed by atoms with van der Waals surface area (Å²) >= 11 is 0. The highest BCUT2D eigenvalue weighted by molar-refractivity contribution is 5.14. The van der Waals surface area contributed by atoms with E-state index in [4.69, 9.17) is 5.73 Å². The van der Waals surface area contributed by atoms with Crippen molar-refractivity contribution in [3.05, 3.63) is 0 Å². The Balaban J connectivity index is 2.01. The van der Waals surface area contributed by atoms with Crippen molar-refractivity contribution in [3.63, 3.8) is 0 Å². The first kappa shape index (κ1) is 9.08. The summed E-state index contributed by atoms with van der Waals surface area (Å²) in [6.45, 7) is 0.459. The first-order valence-electron chi connectivity index (χ1n) is 5.55. The summed E-state index contributed by atoms with van der Waals surface area (Å²) in [5.41, 5.74) is 3.05. The van der Waals surface area contributed by atoms with Crippen molar-refractivity contribution >= 4 is 0 Å². The zero-order chi connectivity index (χ0) is 10.0. The lowest BCUT2D eigenvalue weighted by molar-refractivity contribution is -0.171. The minimum atomic E-state index is -1.23. The number of hydrogen-bond acceptors (Lipinski definition) is 1. The van der Waals surface area contributed by atoms with Crippen LogP contribution in [0.25, 0.3) is 0 Å². The standard InChI is InChI=1S/C11H17F2N/c12-10-2-8-1-9(4-10,7-14)5-11(13,3-8)6-10/h8H,1-7,14H2/t8?,9?,10-,11+. The Labute approximate surface area is 83.0 Å². The van der Waals surface area contributed by atoms with Crippen molar-refractivity contribution < 1.29 is 8.78 Å². The molecule has 4 fully saturated rings. The molecule has 14 heavy (non-hydrogen) atoms. The van der Waals surface area contributed by atoms with Crippen LogP contribution in [0.5, 0.6) is 0 Å². The van der Waals surface area contributed by atoms with E-state index in [9.17, 15) is 8.78 Å². The molecule has 0 heterocycles. The molecule has 2 unspecified atom stereocenters. The molecule has 80 valence electrons. The fraction of sp³-hybridized carbons (Fsp3) is 1.00. The van der Waals surface area contributed by atoms with Crippen LogP contribution in [0, 0.1) is 11.3 Å². The summed E-state index contributed by atoms with van der Waals surface area (Å²) in [5.74, 6) is 0.254. The van der Waals surface area contributed by atoms with E-state index in [0.29, 0.717) is 32.2 Å². The summed E-state index contributed by atoms with van der Waals surface area (Å²) in [6.07, 6.45) is 3.29. The highest BCUT2D eigenvalue weighted by Crippen LogP contribution is 2.65. The van der Waals surface area contributed by atoms with E-state index < -0.39 is 11.3 Å². The van der Waals surface area contributed by atoms with E-state index in [1.54, 1.807) is 0 Å². The second kappa shape index (κ2) is 2.31. The van der Waals surface area contributed by atoms with E-state index in [1.807, 2.05) is 0 Å². The molecule has 4 aliphatic rings. The predicted molar refractivity (Wildman–Crippen MR) is 50.4 cm³/mol. The van der Waals surface area contributed by atoms with Gasteiger partial charge in [0.15, 0.2) is 0 Å². The lowest BCUT2D eigenvalue weighted by atomic mass is 9.47. The fourth-order valence-electron chi connectivity index (χ4n) is 4.62. The summed E-state index contributed by atoms with van der Waals surface area (Å²) in [4.78, 5) is 0. The maximum atomic E-state index is 14.3. The maximum Gasteiger partial charge on any atom is 0.115 e. The van der Waals surface area contributed by atoms with Gasteiger partial charge in [-0.25, -0.2) is 8.78 Å². The van der Waals surface area contributed by atoms with Crippen LogP contribution in [0.2, 0.25) is 0 Å². The predicted octanol–water partition coefficient (Wildman–Crippen LogP) is 2.35. The van der Waals surface area contributed by atoms with Gasteiger partial charge in [0, 0.05) is 6.42 Å². The fourth-order valence-corrected chi connectivity index (χ4v) is 4.62. The molecule has 3 heteroatoms. The molecule has 0 amide bonds. The van der Waals surface area contributed by atoms with Crippen LogP contribution in [0.15, 0.2) is 0 Å². The molecule has 0 aromatic heterocycles. The molecule has 0 spiro atoms. The third-order valence-corrected chi connectivity index (χ3v) is 4.48. The van der Waals surface area contributed by atoms with Gasteiger partial charge in [-0.05, 0) is 50.0 Å². The first-order chi connectivity index (χ1) is 6.47. The molecule has 0 saturated heterocycles. The van der Waals surface area contributed by atoms with Crippen LogP contribution in [0.3, 0.4) is 0 Å². The van der Waals surface area contributed by atoms with Crippen molar-refractivity contribution in [1.82, 2.24) is 0 Å². The topological polar surface area (TPSA) is 26.0 Å². The third-order valence-electron chi connectivity index (χ3n) is 4.48. The smallest absolute Gasteiger partial charge is 0.115 e. The van der Waals surface area contributed by atoms with E-state index in [2.05, 4.69) is 0 Å². The average molecular weight is 201 g/mol. The largest absolute Gasteiger partial charge is 0.330 e. The van der Waals surface area contributed by atoms with E-state index >= 15 is 0 Å².